The quantitative estimate of drug-likeness (QED) is 0.770. The Hall–Kier alpha value is -1.49. The van der Waals surface area contributed by atoms with Gasteiger partial charge in [0.2, 0.25) is 10.0 Å². The van der Waals surface area contributed by atoms with Crippen LogP contribution in [0, 0.1) is 11.3 Å². The van der Waals surface area contributed by atoms with Gasteiger partial charge in [0, 0.05) is 32.4 Å². The maximum Gasteiger partial charge on any atom is 0.246 e. The number of pyridine rings is 1. The van der Waals surface area contributed by atoms with E-state index >= 15 is 0 Å². The second kappa shape index (κ2) is 4.79. The largest absolute Gasteiger partial charge is 0.314 e. The molecule has 0 spiro atoms. The van der Waals surface area contributed by atoms with Gasteiger partial charge < -0.3 is 5.32 Å². The van der Waals surface area contributed by atoms with E-state index in [1.165, 1.54) is 22.6 Å². The lowest BCUT2D eigenvalue weighted by Crippen LogP contribution is -2.46. The first-order valence-corrected chi connectivity index (χ1v) is 6.66. The first kappa shape index (κ1) is 12.0. The third kappa shape index (κ3) is 2.29. The molecule has 0 saturated carbocycles. The van der Waals surface area contributed by atoms with Gasteiger partial charge in [-0.1, -0.05) is 0 Å². The van der Waals surface area contributed by atoms with Gasteiger partial charge in [0.25, 0.3) is 0 Å². The number of sulfonamides is 1. The topological polar surface area (TPSA) is 86.1 Å². The second-order valence-electron chi connectivity index (χ2n) is 3.62. The molecule has 1 aromatic heterocycles. The molecule has 1 aliphatic heterocycles. The number of piperazine rings is 1. The fourth-order valence-corrected chi connectivity index (χ4v) is 3.24. The maximum atomic E-state index is 12.3. The molecule has 0 bridgehead atoms. The number of hydrogen-bond donors (Lipinski definition) is 1. The average molecular weight is 252 g/mol. The summed E-state index contributed by atoms with van der Waals surface area (Å²) in [5, 5.41) is 12.0. The highest BCUT2D eigenvalue weighted by Crippen LogP contribution is 2.18. The Morgan fingerprint density at radius 3 is 2.76 bits per heavy atom. The summed E-state index contributed by atoms with van der Waals surface area (Å²) >= 11 is 0. The van der Waals surface area contributed by atoms with Gasteiger partial charge in [-0.15, -0.1) is 0 Å². The Morgan fingerprint density at radius 1 is 1.41 bits per heavy atom. The third-order valence-electron chi connectivity index (χ3n) is 2.57. The molecule has 1 aliphatic rings. The van der Waals surface area contributed by atoms with Crippen LogP contribution in [0.5, 0.6) is 0 Å². The number of nitriles is 1. The van der Waals surface area contributed by atoms with Gasteiger partial charge in [0.15, 0.2) is 5.69 Å². The molecule has 0 unspecified atom stereocenters. The Balaban J connectivity index is 2.41. The lowest BCUT2D eigenvalue weighted by atomic mass is 10.4. The van der Waals surface area contributed by atoms with Crippen molar-refractivity contribution >= 4 is 10.0 Å². The molecule has 7 heteroatoms. The van der Waals surface area contributed by atoms with Crippen LogP contribution in [0.3, 0.4) is 0 Å². The van der Waals surface area contributed by atoms with Gasteiger partial charge in [-0.3, -0.25) is 0 Å². The molecule has 1 fully saturated rings. The van der Waals surface area contributed by atoms with E-state index in [1.807, 2.05) is 6.07 Å². The van der Waals surface area contributed by atoms with Crippen molar-refractivity contribution in [3.63, 3.8) is 0 Å². The average Bonchev–Trinajstić information content (AvgIpc) is 2.39. The Bertz CT molecular complexity index is 544. The molecule has 1 N–H and O–H groups in total. The van der Waals surface area contributed by atoms with E-state index in [9.17, 15) is 8.42 Å². The number of nitrogens with one attached hydrogen (secondary N) is 1. The van der Waals surface area contributed by atoms with Gasteiger partial charge in [-0.2, -0.15) is 9.57 Å². The van der Waals surface area contributed by atoms with E-state index in [-0.39, 0.29) is 10.6 Å². The van der Waals surface area contributed by atoms with Crippen molar-refractivity contribution in [2.45, 2.75) is 4.90 Å². The lowest BCUT2D eigenvalue weighted by molar-refractivity contribution is 0.360. The van der Waals surface area contributed by atoms with Crippen LogP contribution in [0.1, 0.15) is 5.69 Å². The SMILES string of the molecule is N#Cc1ncccc1S(=O)(=O)N1CCNCC1. The highest BCUT2D eigenvalue weighted by Gasteiger charge is 2.28. The molecule has 0 aliphatic carbocycles. The van der Waals surface area contributed by atoms with Gasteiger partial charge in [0.1, 0.15) is 11.0 Å². The molecule has 1 aromatic rings. The minimum atomic E-state index is -3.60. The molecule has 1 saturated heterocycles. The molecule has 0 radical (unpaired) electrons. The lowest BCUT2D eigenvalue weighted by Gasteiger charge is -2.26. The summed E-state index contributed by atoms with van der Waals surface area (Å²) < 4.78 is 25.9. The molecule has 90 valence electrons. The monoisotopic (exact) mass is 252 g/mol. The highest BCUT2D eigenvalue weighted by atomic mass is 32.2. The summed E-state index contributed by atoms with van der Waals surface area (Å²) in [6, 6.07) is 4.75. The van der Waals surface area contributed by atoms with Crippen molar-refractivity contribution in [1.82, 2.24) is 14.6 Å². The van der Waals surface area contributed by atoms with Crippen LogP contribution in [-0.4, -0.2) is 43.9 Å². The molecule has 17 heavy (non-hydrogen) atoms. The molecular formula is C10H12N4O2S. The van der Waals surface area contributed by atoms with E-state index in [4.69, 9.17) is 5.26 Å². The highest BCUT2D eigenvalue weighted by molar-refractivity contribution is 7.89. The smallest absolute Gasteiger partial charge is 0.246 e. The van der Waals surface area contributed by atoms with Crippen molar-refractivity contribution in [3.05, 3.63) is 24.0 Å². The Morgan fingerprint density at radius 2 is 2.12 bits per heavy atom. The van der Waals surface area contributed by atoms with Crippen LogP contribution in [0.2, 0.25) is 0 Å². The molecule has 2 rings (SSSR count). The van der Waals surface area contributed by atoms with E-state index in [0.717, 1.165) is 0 Å². The minimum absolute atomic E-state index is 0.00981. The molecular weight excluding hydrogens is 240 g/mol. The number of rotatable bonds is 2. The summed E-state index contributed by atoms with van der Waals surface area (Å²) in [5.41, 5.74) is -0.0500. The van der Waals surface area contributed by atoms with Crippen molar-refractivity contribution < 1.29 is 8.42 Å². The zero-order valence-corrected chi connectivity index (χ0v) is 9.94. The summed E-state index contributed by atoms with van der Waals surface area (Å²) in [7, 11) is -3.60. The van der Waals surface area contributed by atoms with Crippen molar-refractivity contribution in [1.29, 1.82) is 5.26 Å². The van der Waals surface area contributed by atoms with Gasteiger partial charge in [-0.25, -0.2) is 13.4 Å². The zero-order chi connectivity index (χ0) is 12.3. The maximum absolute atomic E-state index is 12.3. The van der Waals surface area contributed by atoms with Crippen molar-refractivity contribution in [3.8, 4) is 6.07 Å². The predicted molar refractivity (Wildman–Crippen MR) is 60.6 cm³/mol. The van der Waals surface area contributed by atoms with Crippen LogP contribution in [0.15, 0.2) is 23.2 Å². The van der Waals surface area contributed by atoms with E-state index in [2.05, 4.69) is 10.3 Å². The molecule has 0 atom stereocenters. The normalized spacial score (nSPS) is 17.6. The predicted octanol–water partition coefficient (Wildman–Crippen LogP) is -0.453. The fourth-order valence-electron chi connectivity index (χ4n) is 1.71. The standard InChI is InChI=1S/C10H12N4O2S/c11-8-9-10(2-1-3-13-9)17(15,16)14-6-4-12-5-7-14/h1-3,12H,4-7H2. The fraction of sp³-hybridized carbons (Fsp3) is 0.400. The van der Waals surface area contributed by atoms with E-state index < -0.39 is 10.0 Å². The van der Waals surface area contributed by atoms with E-state index in [0.29, 0.717) is 26.2 Å². The molecule has 2 heterocycles. The van der Waals surface area contributed by atoms with Gasteiger partial charge in [-0.05, 0) is 12.1 Å². The minimum Gasteiger partial charge on any atom is -0.314 e. The third-order valence-corrected chi connectivity index (χ3v) is 4.50. The van der Waals surface area contributed by atoms with Crippen LogP contribution in [-0.2, 0) is 10.0 Å². The summed E-state index contributed by atoms with van der Waals surface area (Å²) in [4.78, 5) is 3.77. The number of hydrogen-bond acceptors (Lipinski definition) is 5. The molecule has 6 nitrogen and oxygen atoms in total. The molecule has 0 amide bonds. The number of nitrogens with zero attached hydrogens (tertiary/aromatic N) is 3. The Labute approximate surface area is 99.9 Å². The Kier molecular flexibility index (Phi) is 3.38. The number of aromatic nitrogens is 1. The van der Waals surface area contributed by atoms with Crippen LogP contribution < -0.4 is 5.32 Å². The first-order chi connectivity index (χ1) is 8.16. The first-order valence-electron chi connectivity index (χ1n) is 5.22. The zero-order valence-electron chi connectivity index (χ0n) is 9.13. The van der Waals surface area contributed by atoms with Crippen molar-refractivity contribution in [2.24, 2.45) is 0 Å². The van der Waals surface area contributed by atoms with Crippen LogP contribution >= 0.6 is 0 Å². The van der Waals surface area contributed by atoms with Gasteiger partial charge in [0.05, 0.1) is 0 Å². The summed E-state index contributed by atoms with van der Waals surface area (Å²) in [5.74, 6) is 0. The van der Waals surface area contributed by atoms with Crippen LogP contribution in [0.25, 0.3) is 0 Å². The summed E-state index contributed by atoms with van der Waals surface area (Å²) in [6.07, 6.45) is 1.41. The molecule has 0 aromatic carbocycles. The van der Waals surface area contributed by atoms with Crippen molar-refractivity contribution in [2.75, 3.05) is 26.2 Å². The van der Waals surface area contributed by atoms with Gasteiger partial charge >= 0.3 is 0 Å². The van der Waals surface area contributed by atoms with Crippen LogP contribution in [0.4, 0.5) is 0 Å². The van der Waals surface area contributed by atoms with E-state index in [1.54, 1.807) is 0 Å². The summed E-state index contributed by atoms with van der Waals surface area (Å²) in [6.45, 7) is 2.09. The second-order valence-corrected chi connectivity index (χ2v) is 5.52.